The molecule has 92 valence electrons. The molecule has 1 aromatic carbocycles. The summed E-state index contributed by atoms with van der Waals surface area (Å²) in [4.78, 5) is 23.4. The number of hydrogen-bond acceptors (Lipinski definition) is 3. The lowest BCUT2D eigenvalue weighted by Crippen LogP contribution is -2.24. The summed E-state index contributed by atoms with van der Waals surface area (Å²) < 4.78 is 0. The Hall–Kier alpha value is -2.04. The van der Waals surface area contributed by atoms with E-state index in [0.717, 1.165) is 13.1 Å². The number of aromatic carboxylic acids is 1. The third kappa shape index (κ3) is 2.96. The number of benzene rings is 1. The van der Waals surface area contributed by atoms with Gasteiger partial charge in [0.15, 0.2) is 0 Å². The average molecular weight is 236 g/mol. The van der Waals surface area contributed by atoms with E-state index < -0.39 is 5.97 Å². The number of carboxylic acids is 1. The predicted molar refractivity (Wildman–Crippen MR) is 66.6 cm³/mol. The van der Waals surface area contributed by atoms with Crippen LogP contribution < -0.4 is 10.2 Å². The van der Waals surface area contributed by atoms with Gasteiger partial charge in [-0.25, -0.2) is 4.79 Å². The molecular weight excluding hydrogens is 220 g/mol. The van der Waals surface area contributed by atoms with Crippen LogP contribution in [0, 0.1) is 0 Å². The molecule has 0 aliphatic rings. The van der Waals surface area contributed by atoms with Crippen LogP contribution >= 0.6 is 0 Å². The summed E-state index contributed by atoms with van der Waals surface area (Å²) in [5, 5.41) is 11.6. The van der Waals surface area contributed by atoms with Gasteiger partial charge in [-0.2, -0.15) is 0 Å². The maximum Gasteiger partial charge on any atom is 0.337 e. The van der Waals surface area contributed by atoms with Gasteiger partial charge in [-0.3, -0.25) is 4.79 Å². The largest absolute Gasteiger partial charge is 0.478 e. The summed E-state index contributed by atoms with van der Waals surface area (Å²) in [6, 6.07) is 4.86. The van der Waals surface area contributed by atoms with E-state index in [2.05, 4.69) is 5.32 Å². The van der Waals surface area contributed by atoms with E-state index in [1.165, 1.54) is 6.07 Å². The van der Waals surface area contributed by atoms with Gasteiger partial charge in [-0.05, 0) is 32.0 Å². The Morgan fingerprint density at radius 1 is 1.41 bits per heavy atom. The molecule has 1 rings (SSSR count). The Kier molecular flexibility index (Phi) is 4.51. The summed E-state index contributed by atoms with van der Waals surface area (Å²) in [7, 11) is 0. The van der Waals surface area contributed by atoms with E-state index in [1.54, 1.807) is 12.1 Å². The number of carboxylic acid groups (broad SMARTS) is 1. The van der Waals surface area contributed by atoms with Crippen LogP contribution in [-0.2, 0) is 4.79 Å². The molecule has 0 saturated heterocycles. The Bertz CT molecular complexity index is 414. The van der Waals surface area contributed by atoms with Crippen molar-refractivity contribution < 1.29 is 14.7 Å². The number of nitrogens with one attached hydrogen (secondary N) is 1. The van der Waals surface area contributed by atoms with Gasteiger partial charge < -0.3 is 15.3 Å². The number of hydrogen-bond donors (Lipinski definition) is 2. The molecule has 0 fully saturated rings. The number of carbonyl (C=O) groups excluding carboxylic acids is 1. The first-order valence-electron chi connectivity index (χ1n) is 5.46. The Morgan fingerprint density at radius 3 is 2.53 bits per heavy atom. The number of amides is 1. The standard InChI is InChI=1S/C12H16N2O3/c1-3-14(4-2)11-6-5-9(13-8-15)7-10(11)12(16)17/h5-8H,3-4H2,1-2H3,(H,13,15)(H,16,17). The van der Waals surface area contributed by atoms with Crippen LogP contribution in [0.1, 0.15) is 24.2 Å². The summed E-state index contributed by atoms with van der Waals surface area (Å²) in [6.45, 7) is 5.40. The van der Waals surface area contributed by atoms with Crippen molar-refractivity contribution in [2.75, 3.05) is 23.3 Å². The van der Waals surface area contributed by atoms with Crippen molar-refractivity contribution in [3.63, 3.8) is 0 Å². The maximum atomic E-state index is 11.2. The minimum atomic E-state index is -0.999. The second-order valence-corrected chi connectivity index (χ2v) is 3.47. The highest BCUT2D eigenvalue weighted by atomic mass is 16.4. The second kappa shape index (κ2) is 5.89. The highest BCUT2D eigenvalue weighted by molar-refractivity contribution is 5.96. The monoisotopic (exact) mass is 236 g/mol. The fourth-order valence-corrected chi connectivity index (χ4v) is 1.71. The lowest BCUT2D eigenvalue weighted by Gasteiger charge is -2.23. The summed E-state index contributed by atoms with van der Waals surface area (Å²) in [5.74, 6) is -0.999. The van der Waals surface area contributed by atoms with Crippen molar-refractivity contribution >= 4 is 23.8 Å². The smallest absolute Gasteiger partial charge is 0.337 e. The lowest BCUT2D eigenvalue weighted by atomic mass is 10.1. The molecule has 2 N–H and O–H groups in total. The van der Waals surface area contributed by atoms with Gasteiger partial charge in [0, 0.05) is 18.8 Å². The minimum Gasteiger partial charge on any atom is -0.478 e. The third-order valence-electron chi connectivity index (χ3n) is 2.56. The molecule has 5 heteroatoms. The normalized spacial score (nSPS) is 9.76. The van der Waals surface area contributed by atoms with Crippen LogP contribution in [0.3, 0.4) is 0 Å². The molecule has 0 aromatic heterocycles. The van der Waals surface area contributed by atoms with Crippen molar-refractivity contribution in [1.82, 2.24) is 0 Å². The van der Waals surface area contributed by atoms with Gasteiger partial charge in [-0.1, -0.05) is 0 Å². The topological polar surface area (TPSA) is 69.6 Å². The first-order chi connectivity index (χ1) is 8.13. The highest BCUT2D eigenvalue weighted by Crippen LogP contribution is 2.24. The molecule has 17 heavy (non-hydrogen) atoms. The fourth-order valence-electron chi connectivity index (χ4n) is 1.71. The first-order valence-corrected chi connectivity index (χ1v) is 5.46. The summed E-state index contributed by atoms with van der Waals surface area (Å²) in [6.07, 6.45) is 0.526. The minimum absolute atomic E-state index is 0.195. The highest BCUT2D eigenvalue weighted by Gasteiger charge is 2.14. The molecule has 0 radical (unpaired) electrons. The Morgan fingerprint density at radius 2 is 2.06 bits per heavy atom. The maximum absolute atomic E-state index is 11.2. The van der Waals surface area contributed by atoms with E-state index in [9.17, 15) is 9.59 Å². The van der Waals surface area contributed by atoms with Crippen LogP contribution in [0.25, 0.3) is 0 Å². The fraction of sp³-hybridized carbons (Fsp3) is 0.333. The van der Waals surface area contributed by atoms with Gasteiger partial charge in [0.1, 0.15) is 0 Å². The molecule has 0 unspecified atom stereocenters. The van der Waals surface area contributed by atoms with Crippen LogP contribution in [0.15, 0.2) is 18.2 Å². The Balaban J connectivity index is 3.20. The van der Waals surface area contributed by atoms with Gasteiger partial charge in [0.05, 0.1) is 11.3 Å². The van der Waals surface area contributed by atoms with Gasteiger partial charge in [0.2, 0.25) is 6.41 Å². The molecule has 0 atom stereocenters. The quantitative estimate of drug-likeness (QED) is 0.739. The molecule has 5 nitrogen and oxygen atoms in total. The first kappa shape index (κ1) is 13.0. The van der Waals surface area contributed by atoms with Crippen molar-refractivity contribution in [1.29, 1.82) is 0 Å². The molecular formula is C12H16N2O3. The van der Waals surface area contributed by atoms with Crippen molar-refractivity contribution in [2.24, 2.45) is 0 Å². The molecule has 1 amide bonds. The average Bonchev–Trinajstić information content (AvgIpc) is 2.32. The molecule has 1 aromatic rings. The SMILES string of the molecule is CCN(CC)c1ccc(NC=O)cc1C(=O)O. The molecule has 0 bridgehead atoms. The zero-order chi connectivity index (χ0) is 12.8. The van der Waals surface area contributed by atoms with Crippen LogP contribution in [-0.4, -0.2) is 30.6 Å². The van der Waals surface area contributed by atoms with Gasteiger partial charge in [-0.15, -0.1) is 0 Å². The van der Waals surface area contributed by atoms with E-state index in [-0.39, 0.29) is 5.56 Å². The number of carbonyl (C=O) groups is 2. The van der Waals surface area contributed by atoms with Crippen LogP contribution in [0.2, 0.25) is 0 Å². The molecule has 0 spiro atoms. The van der Waals surface area contributed by atoms with Crippen LogP contribution in [0.4, 0.5) is 11.4 Å². The zero-order valence-electron chi connectivity index (χ0n) is 9.93. The molecule has 0 aliphatic heterocycles. The molecule has 0 heterocycles. The van der Waals surface area contributed by atoms with E-state index in [1.807, 2.05) is 18.7 Å². The van der Waals surface area contributed by atoms with Crippen molar-refractivity contribution in [3.05, 3.63) is 23.8 Å². The molecule has 0 saturated carbocycles. The van der Waals surface area contributed by atoms with E-state index in [4.69, 9.17) is 5.11 Å². The second-order valence-electron chi connectivity index (χ2n) is 3.47. The predicted octanol–water partition coefficient (Wildman–Crippen LogP) is 1.80. The zero-order valence-corrected chi connectivity index (χ0v) is 9.93. The summed E-state index contributed by atoms with van der Waals surface area (Å²) in [5.41, 5.74) is 1.34. The lowest BCUT2D eigenvalue weighted by molar-refractivity contribution is -0.105. The number of anilines is 2. The van der Waals surface area contributed by atoms with Gasteiger partial charge >= 0.3 is 5.97 Å². The van der Waals surface area contributed by atoms with Crippen LogP contribution in [0.5, 0.6) is 0 Å². The number of rotatable bonds is 6. The van der Waals surface area contributed by atoms with E-state index in [0.29, 0.717) is 17.8 Å². The molecule has 0 aliphatic carbocycles. The Labute approximate surface area is 100 Å². The van der Waals surface area contributed by atoms with Crippen molar-refractivity contribution in [2.45, 2.75) is 13.8 Å². The van der Waals surface area contributed by atoms with Crippen molar-refractivity contribution in [3.8, 4) is 0 Å². The van der Waals surface area contributed by atoms with E-state index >= 15 is 0 Å². The third-order valence-corrected chi connectivity index (χ3v) is 2.56. The summed E-state index contributed by atoms with van der Waals surface area (Å²) >= 11 is 0. The van der Waals surface area contributed by atoms with Gasteiger partial charge in [0.25, 0.3) is 0 Å². The number of nitrogens with zero attached hydrogens (tertiary/aromatic N) is 1.